The summed E-state index contributed by atoms with van der Waals surface area (Å²) in [6.45, 7) is 5.68. The maximum Gasteiger partial charge on any atom is 0.304 e. The van der Waals surface area contributed by atoms with Gasteiger partial charge in [0.2, 0.25) is 0 Å². The Morgan fingerprint density at radius 3 is 2.50 bits per heavy atom. The van der Waals surface area contributed by atoms with E-state index in [4.69, 9.17) is 9.84 Å². The van der Waals surface area contributed by atoms with E-state index in [-0.39, 0.29) is 6.42 Å². The molecule has 1 aromatic carbocycles. The van der Waals surface area contributed by atoms with E-state index in [2.05, 4.69) is 18.7 Å². The van der Waals surface area contributed by atoms with Crippen molar-refractivity contribution in [2.75, 3.05) is 13.7 Å². The Balaban J connectivity index is 2.68. The van der Waals surface area contributed by atoms with Gasteiger partial charge in [0.1, 0.15) is 5.75 Å². The Labute approximate surface area is 121 Å². The van der Waals surface area contributed by atoms with Gasteiger partial charge in [0.25, 0.3) is 0 Å². The molecule has 0 aromatic heterocycles. The van der Waals surface area contributed by atoms with Crippen LogP contribution in [0.4, 0.5) is 0 Å². The zero-order chi connectivity index (χ0) is 15.0. The van der Waals surface area contributed by atoms with Crippen LogP contribution in [-0.4, -0.2) is 35.7 Å². The molecule has 112 valence electrons. The first-order valence-electron chi connectivity index (χ1n) is 7.15. The molecule has 0 fully saturated rings. The van der Waals surface area contributed by atoms with Crippen LogP contribution in [0.1, 0.15) is 38.7 Å². The summed E-state index contributed by atoms with van der Waals surface area (Å²) in [6.07, 6.45) is 2.37. The van der Waals surface area contributed by atoms with Crippen LogP contribution in [0.2, 0.25) is 0 Å². The molecule has 0 bridgehead atoms. The molecule has 1 rings (SSSR count). The molecule has 1 atom stereocenters. The molecule has 1 aromatic rings. The van der Waals surface area contributed by atoms with Gasteiger partial charge in [-0.05, 0) is 31.0 Å². The van der Waals surface area contributed by atoms with Crippen LogP contribution in [-0.2, 0) is 11.3 Å². The summed E-state index contributed by atoms with van der Waals surface area (Å²) < 4.78 is 5.15. The van der Waals surface area contributed by atoms with Crippen LogP contribution in [0.15, 0.2) is 24.3 Å². The van der Waals surface area contributed by atoms with Gasteiger partial charge in [-0.1, -0.05) is 25.5 Å². The molecule has 0 saturated heterocycles. The highest BCUT2D eigenvalue weighted by molar-refractivity contribution is 5.66. The van der Waals surface area contributed by atoms with Gasteiger partial charge in [-0.3, -0.25) is 9.69 Å². The van der Waals surface area contributed by atoms with Crippen molar-refractivity contribution in [2.24, 2.45) is 0 Å². The second-order valence-corrected chi connectivity index (χ2v) is 5.10. The Kier molecular flexibility index (Phi) is 7.09. The molecule has 0 heterocycles. The summed E-state index contributed by atoms with van der Waals surface area (Å²) in [7, 11) is 1.65. The highest BCUT2D eigenvalue weighted by Crippen LogP contribution is 2.16. The maximum absolute atomic E-state index is 10.8. The third-order valence-corrected chi connectivity index (χ3v) is 3.49. The largest absolute Gasteiger partial charge is 0.497 e. The van der Waals surface area contributed by atoms with Crippen LogP contribution in [0.3, 0.4) is 0 Å². The number of hydrogen-bond donors (Lipinski definition) is 1. The van der Waals surface area contributed by atoms with Crippen molar-refractivity contribution in [3.8, 4) is 5.75 Å². The van der Waals surface area contributed by atoms with Gasteiger partial charge in [-0.15, -0.1) is 0 Å². The van der Waals surface area contributed by atoms with Gasteiger partial charge < -0.3 is 9.84 Å². The number of aliphatic carboxylic acids is 1. The third kappa shape index (κ3) is 5.61. The predicted molar refractivity (Wildman–Crippen MR) is 80.0 cm³/mol. The predicted octanol–water partition coefficient (Wildman–Crippen LogP) is 3.16. The molecule has 0 aliphatic heterocycles. The average Bonchev–Trinajstić information content (AvgIpc) is 2.44. The molecule has 0 saturated carbocycles. The fourth-order valence-corrected chi connectivity index (χ4v) is 2.26. The Morgan fingerprint density at radius 1 is 1.35 bits per heavy atom. The molecule has 4 heteroatoms. The highest BCUT2D eigenvalue weighted by atomic mass is 16.5. The highest BCUT2D eigenvalue weighted by Gasteiger charge is 2.14. The molecule has 0 aliphatic rings. The lowest BCUT2D eigenvalue weighted by molar-refractivity contribution is -0.137. The first-order chi connectivity index (χ1) is 9.56. The molecule has 0 amide bonds. The van der Waals surface area contributed by atoms with Crippen molar-refractivity contribution >= 4 is 5.97 Å². The SMILES string of the molecule is CCCC(C)N(CCC(=O)O)Cc1ccc(OC)cc1. The Bertz CT molecular complexity index is 403. The minimum atomic E-state index is -0.742. The molecule has 0 radical (unpaired) electrons. The second-order valence-electron chi connectivity index (χ2n) is 5.10. The fourth-order valence-electron chi connectivity index (χ4n) is 2.26. The number of rotatable bonds is 9. The smallest absolute Gasteiger partial charge is 0.304 e. The minimum absolute atomic E-state index is 0.185. The molecule has 1 N–H and O–H groups in total. The standard InChI is InChI=1S/C16H25NO3/c1-4-5-13(2)17(11-10-16(18)19)12-14-6-8-15(20-3)9-7-14/h6-9,13H,4-5,10-12H2,1-3H3,(H,18,19). The van der Waals surface area contributed by atoms with E-state index < -0.39 is 5.97 Å². The molecule has 1 unspecified atom stereocenters. The summed E-state index contributed by atoms with van der Waals surface area (Å²) in [6, 6.07) is 8.34. The summed E-state index contributed by atoms with van der Waals surface area (Å²) in [5, 5.41) is 8.87. The van der Waals surface area contributed by atoms with Gasteiger partial charge in [0.15, 0.2) is 0 Å². The van der Waals surface area contributed by atoms with E-state index >= 15 is 0 Å². The normalized spacial score (nSPS) is 12.4. The number of carboxylic acids is 1. The monoisotopic (exact) mass is 279 g/mol. The van der Waals surface area contributed by atoms with Crippen molar-refractivity contribution < 1.29 is 14.6 Å². The zero-order valence-corrected chi connectivity index (χ0v) is 12.6. The number of hydrogen-bond acceptors (Lipinski definition) is 3. The minimum Gasteiger partial charge on any atom is -0.497 e. The van der Waals surface area contributed by atoms with E-state index in [9.17, 15) is 4.79 Å². The van der Waals surface area contributed by atoms with Crippen molar-refractivity contribution in [2.45, 2.75) is 45.7 Å². The molecule has 0 aliphatic carbocycles. The Morgan fingerprint density at radius 2 is 2.00 bits per heavy atom. The third-order valence-electron chi connectivity index (χ3n) is 3.49. The van der Waals surface area contributed by atoms with Gasteiger partial charge in [-0.25, -0.2) is 0 Å². The topological polar surface area (TPSA) is 49.8 Å². The van der Waals surface area contributed by atoms with Crippen molar-refractivity contribution in [1.82, 2.24) is 4.90 Å². The summed E-state index contributed by atoms with van der Waals surface area (Å²) >= 11 is 0. The summed E-state index contributed by atoms with van der Waals surface area (Å²) in [5.74, 6) is 0.0980. The number of ether oxygens (including phenoxy) is 1. The van der Waals surface area contributed by atoms with E-state index in [0.29, 0.717) is 12.6 Å². The van der Waals surface area contributed by atoms with Crippen molar-refractivity contribution in [1.29, 1.82) is 0 Å². The molecule has 0 spiro atoms. The van der Waals surface area contributed by atoms with Gasteiger partial charge in [0, 0.05) is 19.1 Å². The van der Waals surface area contributed by atoms with Crippen LogP contribution in [0.25, 0.3) is 0 Å². The van der Waals surface area contributed by atoms with Gasteiger partial charge in [-0.2, -0.15) is 0 Å². The summed E-state index contributed by atoms with van der Waals surface area (Å²) in [4.78, 5) is 13.0. The van der Waals surface area contributed by atoms with E-state index in [1.165, 1.54) is 5.56 Å². The van der Waals surface area contributed by atoms with Gasteiger partial charge >= 0.3 is 5.97 Å². The first kappa shape index (κ1) is 16.5. The number of carboxylic acid groups (broad SMARTS) is 1. The first-order valence-corrected chi connectivity index (χ1v) is 7.15. The number of benzene rings is 1. The zero-order valence-electron chi connectivity index (χ0n) is 12.6. The van der Waals surface area contributed by atoms with E-state index in [1.807, 2.05) is 24.3 Å². The van der Waals surface area contributed by atoms with Crippen LogP contribution < -0.4 is 4.74 Å². The quantitative estimate of drug-likeness (QED) is 0.754. The molecule has 4 nitrogen and oxygen atoms in total. The maximum atomic E-state index is 10.8. The lowest BCUT2D eigenvalue weighted by Crippen LogP contribution is -2.34. The lowest BCUT2D eigenvalue weighted by atomic mass is 10.1. The molecular weight excluding hydrogens is 254 g/mol. The number of methoxy groups -OCH3 is 1. The lowest BCUT2D eigenvalue weighted by Gasteiger charge is -2.28. The second kappa shape index (κ2) is 8.59. The fraction of sp³-hybridized carbons (Fsp3) is 0.562. The van der Waals surface area contributed by atoms with Gasteiger partial charge in [0.05, 0.1) is 13.5 Å². The van der Waals surface area contributed by atoms with Crippen LogP contribution >= 0.6 is 0 Å². The number of nitrogens with zero attached hydrogens (tertiary/aromatic N) is 1. The molecule has 20 heavy (non-hydrogen) atoms. The van der Waals surface area contributed by atoms with E-state index in [0.717, 1.165) is 25.1 Å². The average molecular weight is 279 g/mol. The van der Waals surface area contributed by atoms with Crippen molar-refractivity contribution in [3.63, 3.8) is 0 Å². The Hall–Kier alpha value is -1.55. The van der Waals surface area contributed by atoms with Crippen molar-refractivity contribution in [3.05, 3.63) is 29.8 Å². The van der Waals surface area contributed by atoms with Crippen LogP contribution in [0, 0.1) is 0 Å². The number of carbonyl (C=O) groups is 1. The molecular formula is C16H25NO3. The summed E-state index contributed by atoms with van der Waals surface area (Å²) in [5.41, 5.74) is 1.18. The van der Waals surface area contributed by atoms with E-state index in [1.54, 1.807) is 7.11 Å². The van der Waals surface area contributed by atoms with Crippen LogP contribution in [0.5, 0.6) is 5.75 Å².